The molecule has 3 aromatic heterocycles. The molecule has 0 atom stereocenters. The first-order chi connectivity index (χ1) is 14.6. The highest BCUT2D eigenvalue weighted by Gasteiger charge is 2.15. The number of fused-ring (bicyclic) bond motifs is 1. The van der Waals surface area contributed by atoms with Crippen LogP contribution in [0.3, 0.4) is 0 Å². The molecular weight excluding hydrogens is 382 g/mol. The van der Waals surface area contributed by atoms with Crippen molar-refractivity contribution >= 4 is 11.5 Å². The topological polar surface area (TPSA) is 89.8 Å². The monoisotopic (exact) mass is 401 g/mol. The third kappa shape index (κ3) is 3.76. The quantitative estimate of drug-likeness (QED) is 0.446. The first kappa shape index (κ1) is 19.3. The maximum atomic E-state index is 12.5. The van der Waals surface area contributed by atoms with Crippen LogP contribution in [-0.2, 0) is 18.0 Å². The first-order valence-corrected chi connectivity index (χ1v) is 9.37. The lowest BCUT2D eigenvalue weighted by Crippen LogP contribution is -2.06. The molecule has 0 saturated carbocycles. The number of carbonyl (C=O) groups is 1. The lowest BCUT2D eigenvalue weighted by atomic mass is 10.2. The van der Waals surface area contributed by atoms with Crippen molar-refractivity contribution in [2.75, 3.05) is 0 Å². The van der Waals surface area contributed by atoms with Crippen molar-refractivity contribution in [3.8, 4) is 11.8 Å². The summed E-state index contributed by atoms with van der Waals surface area (Å²) >= 11 is 0. The number of carbonyl (C=O) groups excluding carboxylic acids is 1. The third-order valence-electron chi connectivity index (χ3n) is 4.87. The van der Waals surface area contributed by atoms with E-state index in [-0.39, 0.29) is 6.61 Å². The summed E-state index contributed by atoms with van der Waals surface area (Å²) < 4.78 is 18.2. The molecule has 7 heteroatoms. The smallest absolute Gasteiger partial charge is 0.338 e. The highest BCUT2D eigenvalue weighted by molar-refractivity contribution is 5.89. The second-order valence-corrected chi connectivity index (χ2v) is 6.83. The average Bonchev–Trinajstić information content (AvgIpc) is 3.29. The van der Waals surface area contributed by atoms with Crippen molar-refractivity contribution in [2.45, 2.75) is 27.1 Å². The van der Waals surface area contributed by atoms with Crippen LogP contribution in [0.15, 0.2) is 59.4 Å². The Morgan fingerprint density at radius 3 is 2.83 bits per heavy atom. The van der Waals surface area contributed by atoms with Crippen LogP contribution in [0, 0.1) is 25.2 Å². The molecule has 0 fully saturated rings. The SMILES string of the molecule is Cc1noc(C)c1COc1cccc(C(=O)OCc2cn3ccccc3c2C#N)c1. The van der Waals surface area contributed by atoms with Crippen LogP contribution in [0.1, 0.15) is 38.5 Å². The number of esters is 1. The molecule has 30 heavy (non-hydrogen) atoms. The van der Waals surface area contributed by atoms with Gasteiger partial charge in [0.2, 0.25) is 0 Å². The normalized spacial score (nSPS) is 10.7. The first-order valence-electron chi connectivity index (χ1n) is 9.37. The molecule has 0 radical (unpaired) electrons. The summed E-state index contributed by atoms with van der Waals surface area (Å²) in [5.74, 6) is 0.755. The number of nitrogens with zero attached hydrogens (tertiary/aromatic N) is 3. The van der Waals surface area contributed by atoms with E-state index < -0.39 is 5.97 Å². The lowest BCUT2D eigenvalue weighted by molar-refractivity contribution is 0.0472. The number of nitriles is 1. The molecular formula is C23H19N3O4. The Bertz CT molecular complexity index is 1240. The van der Waals surface area contributed by atoms with Crippen molar-refractivity contribution in [1.29, 1.82) is 5.26 Å². The molecule has 150 valence electrons. The van der Waals surface area contributed by atoms with Gasteiger partial charge in [0.1, 0.15) is 30.8 Å². The third-order valence-corrected chi connectivity index (χ3v) is 4.87. The molecule has 0 N–H and O–H groups in total. The van der Waals surface area contributed by atoms with E-state index in [1.165, 1.54) is 0 Å². The number of ether oxygens (including phenoxy) is 2. The molecule has 4 rings (SSSR count). The average molecular weight is 401 g/mol. The second kappa shape index (κ2) is 8.13. The van der Waals surface area contributed by atoms with E-state index in [0.717, 1.165) is 16.8 Å². The lowest BCUT2D eigenvalue weighted by Gasteiger charge is -2.08. The molecule has 0 spiro atoms. The summed E-state index contributed by atoms with van der Waals surface area (Å²) in [6.07, 6.45) is 3.64. The zero-order valence-electron chi connectivity index (χ0n) is 16.6. The van der Waals surface area contributed by atoms with Gasteiger partial charge in [-0.25, -0.2) is 4.79 Å². The molecule has 0 bridgehead atoms. The van der Waals surface area contributed by atoms with E-state index in [1.807, 2.05) is 42.6 Å². The van der Waals surface area contributed by atoms with Gasteiger partial charge >= 0.3 is 5.97 Å². The maximum Gasteiger partial charge on any atom is 0.338 e. The highest BCUT2D eigenvalue weighted by atomic mass is 16.5. The molecule has 4 aromatic rings. The van der Waals surface area contributed by atoms with Crippen LogP contribution in [0.2, 0.25) is 0 Å². The van der Waals surface area contributed by atoms with Crippen molar-refractivity contribution in [3.63, 3.8) is 0 Å². The Labute approximate surface area is 173 Å². The fraction of sp³-hybridized carbons (Fsp3) is 0.174. The maximum absolute atomic E-state index is 12.5. The van der Waals surface area contributed by atoms with Gasteiger partial charge in [-0.2, -0.15) is 5.26 Å². The predicted molar refractivity (Wildman–Crippen MR) is 108 cm³/mol. The van der Waals surface area contributed by atoms with Gasteiger partial charge in [-0.05, 0) is 44.2 Å². The van der Waals surface area contributed by atoms with E-state index >= 15 is 0 Å². The number of pyridine rings is 1. The summed E-state index contributed by atoms with van der Waals surface area (Å²) in [6, 6.07) is 14.6. The van der Waals surface area contributed by atoms with Gasteiger partial charge in [0, 0.05) is 18.0 Å². The fourth-order valence-electron chi connectivity index (χ4n) is 3.22. The van der Waals surface area contributed by atoms with Gasteiger partial charge in [0.15, 0.2) is 0 Å². The van der Waals surface area contributed by atoms with Crippen LogP contribution in [0.4, 0.5) is 0 Å². The summed E-state index contributed by atoms with van der Waals surface area (Å²) in [6.45, 7) is 3.98. The minimum atomic E-state index is -0.489. The summed E-state index contributed by atoms with van der Waals surface area (Å²) in [4.78, 5) is 12.5. The van der Waals surface area contributed by atoms with Gasteiger partial charge in [-0.3, -0.25) is 0 Å². The number of benzene rings is 1. The van der Waals surface area contributed by atoms with E-state index in [4.69, 9.17) is 14.0 Å². The number of aromatic nitrogens is 2. The van der Waals surface area contributed by atoms with E-state index in [2.05, 4.69) is 11.2 Å². The molecule has 0 amide bonds. The molecule has 1 aromatic carbocycles. The molecule has 7 nitrogen and oxygen atoms in total. The highest BCUT2D eigenvalue weighted by Crippen LogP contribution is 2.21. The Kier molecular flexibility index (Phi) is 5.22. The Balaban J connectivity index is 1.44. The minimum Gasteiger partial charge on any atom is -0.489 e. The fourth-order valence-corrected chi connectivity index (χ4v) is 3.22. The zero-order chi connectivity index (χ0) is 21.1. The van der Waals surface area contributed by atoms with Crippen LogP contribution >= 0.6 is 0 Å². The van der Waals surface area contributed by atoms with Crippen LogP contribution in [-0.4, -0.2) is 15.5 Å². The number of hydrogen-bond donors (Lipinski definition) is 0. The largest absolute Gasteiger partial charge is 0.489 e. The van der Waals surface area contributed by atoms with E-state index in [0.29, 0.717) is 34.8 Å². The van der Waals surface area contributed by atoms with Crippen LogP contribution in [0.5, 0.6) is 5.75 Å². The second-order valence-electron chi connectivity index (χ2n) is 6.83. The summed E-state index contributed by atoms with van der Waals surface area (Å²) in [7, 11) is 0. The van der Waals surface area contributed by atoms with Crippen molar-refractivity contribution in [3.05, 3.63) is 88.6 Å². The Hall–Kier alpha value is -4.05. The Morgan fingerprint density at radius 1 is 1.20 bits per heavy atom. The van der Waals surface area contributed by atoms with Gasteiger partial charge in [-0.15, -0.1) is 0 Å². The number of rotatable bonds is 6. The molecule has 0 aliphatic heterocycles. The van der Waals surface area contributed by atoms with E-state index in [9.17, 15) is 10.1 Å². The Morgan fingerprint density at radius 2 is 2.07 bits per heavy atom. The molecule has 0 unspecified atom stereocenters. The number of hydrogen-bond acceptors (Lipinski definition) is 6. The van der Waals surface area contributed by atoms with Crippen LogP contribution < -0.4 is 4.74 Å². The van der Waals surface area contributed by atoms with Gasteiger partial charge < -0.3 is 18.4 Å². The summed E-state index contributed by atoms with van der Waals surface area (Å²) in [5, 5.41) is 13.4. The van der Waals surface area contributed by atoms with Gasteiger partial charge in [-0.1, -0.05) is 17.3 Å². The van der Waals surface area contributed by atoms with Crippen LogP contribution in [0.25, 0.3) is 5.52 Å². The summed E-state index contributed by atoms with van der Waals surface area (Å²) in [5.41, 5.74) is 3.96. The minimum absolute atomic E-state index is 0.00751. The van der Waals surface area contributed by atoms with Gasteiger partial charge in [0.05, 0.1) is 27.9 Å². The molecule has 3 heterocycles. The van der Waals surface area contributed by atoms with Crippen molar-refractivity contribution in [2.24, 2.45) is 0 Å². The van der Waals surface area contributed by atoms with Crippen molar-refractivity contribution < 1.29 is 18.8 Å². The van der Waals surface area contributed by atoms with E-state index in [1.54, 1.807) is 30.5 Å². The predicted octanol–water partition coefficient (Wildman–Crippen LogP) is 4.35. The molecule has 0 aliphatic rings. The molecule has 0 aliphatic carbocycles. The van der Waals surface area contributed by atoms with Crippen molar-refractivity contribution in [1.82, 2.24) is 9.56 Å². The zero-order valence-corrected chi connectivity index (χ0v) is 16.6. The van der Waals surface area contributed by atoms with Gasteiger partial charge in [0.25, 0.3) is 0 Å². The standard InChI is InChI=1S/C23H19N3O4/c1-15-21(16(2)30-25-15)14-28-19-7-5-6-17(10-19)23(27)29-13-18-12-26-9-4-3-8-22(26)20(18)11-24/h3-10,12H,13-14H2,1-2H3. The molecule has 0 saturated heterocycles. The number of aryl methyl sites for hydroxylation is 2.